The number of hydrogen-bond acceptors (Lipinski definition) is 2. The van der Waals surface area contributed by atoms with Gasteiger partial charge in [-0.3, -0.25) is 5.84 Å². The standard InChI is InChI=1S/C13H16N2/c14-15-13(9-5-2-6-10-13)11-12-7-3-1-4-8-12/h1-9,15H,10-11,14H2. The van der Waals surface area contributed by atoms with E-state index in [9.17, 15) is 0 Å². The molecule has 2 rings (SSSR count). The molecule has 1 aromatic rings. The van der Waals surface area contributed by atoms with Crippen molar-refractivity contribution in [2.45, 2.75) is 18.4 Å². The molecule has 0 bridgehead atoms. The van der Waals surface area contributed by atoms with Crippen molar-refractivity contribution >= 4 is 0 Å². The lowest BCUT2D eigenvalue weighted by Gasteiger charge is -2.30. The first-order valence-corrected chi connectivity index (χ1v) is 5.21. The second kappa shape index (κ2) is 4.43. The summed E-state index contributed by atoms with van der Waals surface area (Å²) in [5, 5.41) is 0. The highest BCUT2D eigenvalue weighted by molar-refractivity contribution is 5.26. The van der Waals surface area contributed by atoms with E-state index >= 15 is 0 Å². The molecule has 0 heterocycles. The predicted octanol–water partition coefficient (Wildman–Crippen LogP) is 1.95. The van der Waals surface area contributed by atoms with Crippen LogP contribution in [-0.4, -0.2) is 5.54 Å². The third kappa shape index (κ3) is 2.35. The molecule has 78 valence electrons. The molecule has 1 aliphatic rings. The number of nitrogens with one attached hydrogen (secondary N) is 1. The molecule has 0 saturated heterocycles. The average Bonchev–Trinajstić information content (AvgIpc) is 2.32. The van der Waals surface area contributed by atoms with Crippen LogP contribution in [0.25, 0.3) is 0 Å². The molecular weight excluding hydrogens is 184 g/mol. The van der Waals surface area contributed by atoms with Gasteiger partial charge in [0.15, 0.2) is 0 Å². The monoisotopic (exact) mass is 200 g/mol. The van der Waals surface area contributed by atoms with Crippen LogP contribution in [0, 0.1) is 0 Å². The molecule has 1 aliphatic carbocycles. The summed E-state index contributed by atoms with van der Waals surface area (Å²) < 4.78 is 0. The zero-order chi connectivity index (χ0) is 10.6. The number of hydrogen-bond donors (Lipinski definition) is 2. The fraction of sp³-hybridized carbons (Fsp3) is 0.231. The SMILES string of the molecule is NNC1(Cc2ccccc2)C=CC=CC1. The van der Waals surface area contributed by atoms with E-state index in [1.54, 1.807) is 0 Å². The highest BCUT2D eigenvalue weighted by atomic mass is 15.3. The van der Waals surface area contributed by atoms with Crippen LogP contribution >= 0.6 is 0 Å². The number of allylic oxidation sites excluding steroid dienone is 2. The summed E-state index contributed by atoms with van der Waals surface area (Å²) in [5.41, 5.74) is 4.11. The highest BCUT2D eigenvalue weighted by Gasteiger charge is 2.25. The van der Waals surface area contributed by atoms with Crippen LogP contribution in [0.15, 0.2) is 54.6 Å². The Morgan fingerprint density at radius 2 is 2.00 bits per heavy atom. The Hall–Kier alpha value is -1.38. The first-order chi connectivity index (χ1) is 7.35. The average molecular weight is 200 g/mol. The summed E-state index contributed by atoms with van der Waals surface area (Å²) in [4.78, 5) is 0. The largest absolute Gasteiger partial charge is 0.271 e. The Labute approximate surface area is 90.5 Å². The third-order valence-corrected chi connectivity index (χ3v) is 2.79. The topological polar surface area (TPSA) is 38.0 Å². The van der Waals surface area contributed by atoms with E-state index in [-0.39, 0.29) is 5.54 Å². The summed E-state index contributed by atoms with van der Waals surface area (Å²) in [6, 6.07) is 10.4. The van der Waals surface area contributed by atoms with Crippen molar-refractivity contribution in [3.05, 3.63) is 60.2 Å². The van der Waals surface area contributed by atoms with Gasteiger partial charge in [0, 0.05) is 0 Å². The van der Waals surface area contributed by atoms with E-state index < -0.39 is 0 Å². The highest BCUT2D eigenvalue weighted by Crippen LogP contribution is 2.21. The Balaban J connectivity index is 2.15. The van der Waals surface area contributed by atoms with Gasteiger partial charge >= 0.3 is 0 Å². The van der Waals surface area contributed by atoms with Gasteiger partial charge in [-0.1, -0.05) is 54.6 Å². The van der Waals surface area contributed by atoms with Crippen molar-refractivity contribution in [2.24, 2.45) is 5.84 Å². The summed E-state index contributed by atoms with van der Waals surface area (Å²) in [7, 11) is 0. The lowest BCUT2D eigenvalue weighted by atomic mass is 9.85. The normalized spacial score (nSPS) is 24.3. The van der Waals surface area contributed by atoms with Gasteiger partial charge in [0.25, 0.3) is 0 Å². The second-order valence-electron chi connectivity index (χ2n) is 3.95. The lowest BCUT2D eigenvalue weighted by Crippen LogP contribution is -2.49. The fourth-order valence-electron chi connectivity index (χ4n) is 1.91. The van der Waals surface area contributed by atoms with E-state index in [1.807, 2.05) is 12.1 Å². The lowest BCUT2D eigenvalue weighted by molar-refractivity contribution is 0.408. The quantitative estimate of drug-likeness (QED) is 0.578. The number of nitrogens with two attached hydrogens (primary N) is 1. The maximum Gasteiger partial charge on any atom is 0.0578 e. The maximum absolute atomic E-state index is 5.65. The minimum atomic E-state index is -0.115. The molecule has 15 heavy (non-hydrogen) atoms. The van der Waals surface area contributed by atoms with Gasteiger partial charge in [-0.05, 0) is 18.4 Å². The molecule has 1 unspecified atom stereocenters. The van der Waals surface area contributed by atoms with Crippen LogP contribution in [-0.2, 0) is 6.42 Å². The van der Waals surface area contributed by atoms with Gasteiger partial charge in [-0.2, -0.15) is 0 Å². The molecule has 1 atom stereocenters. The Morgan fingerprint density at radius 1 is 1.20 bits per heavy atom. The van der Waals surface area contributed by atoms with Crippen molar-refractivity contribution in [3.8, 4) is 0 Å². The van der Waals surface area contributed by atoms with E-state index in [4.69, 9.17) is 5.84 Å². The molecule has 0 spiro atoms. The van der Waals surface area contributed by atoms with E-state index in [2.05, 4.69) is 47.9 Å². The number of rotatable bonds is 3. The fourth-order valence-corrected chi connectivity index (χ4v) is 1.91. The molecule has 2 nitrogen and oxygen atoms in total. The van der Waals surface area contributed by atoms with Gasteiger partial charge in [0.05, 0.1) is 5.54 Å². The molecule has 1 aromatic carbocycles. The molecule has 3 N–H and O–H groups in total. The van der Waals surface area contributed by atoms with Gasteiger partial charge < -0.3 is 0 Å². The second-order valence-corrected chi connectivity index (χ2v) is 3.95. The van der Waals surface area contributed by atoms with Crippen molar-refractivity contribution in [3.63, 3.8) is 0 Å². The van der Waals surface area contributed by atoms with E-state index in [0.29, 0.717) is 0 Å². The molecule has 0 aromatic heterocycles. The minimum Gasteiger partial charge on any atom is -0.271 e. The summed E-state index contributed by atoms with van der Waals surface area (Å²) in [6.45, 7) is 0. The molecule has 0 radical (unpaired) electrons. The summed E-state index contributed by atoms with van der Waals surface area (Å²) in [5.74, 6) is 5.65. The van der Waals surface area contributed by atoms with Crippen molar-refractivity contribution in [1.29, 1.82) is 0 Å². The van der Waals surface area contributed by atoms with Crippen LogP contribution in [0.1, 0.15) is 12.0 Å². The van der Waals surface area contributed by atoms with Crippen molar-refractivity contribution in [1.82, 2.24) is 5.43 Å². The van der Waals surface area contributed by atoms with Gasteiger partial charge in [0.1, 0.15) is 0 Å². The molecule has 0 aliphatic heterocycles. The first-order valence-electron chi connectivity index (χ1n) is 5.21. The third-order valence-electron chi connectivity index (χ3n) is 2.79. The number of hydrazine groups is 1. The Bertz CT molecular complexity index is 367. The zero-order valence-corrected chi connectivity index (χ0v) is 8.69. The van der Waals surface area contributed by atoms with Crippen LogP contribution < -0.4 is 11.3 Å². The van der Waals surface area contributed by atoms with Crippen molar-refractivity contribution in [2.75, 3.05) is 0 Å². The summed E-state index contributed by atoms with van der Waals surface area (Å²) >= 11 is 0. The zero-order valence-electron chi connectivity index (χ0n) is 8.69. The van der Waals surface area contributed by atoms with Crippen LogP contribution in [0.5, 0.6) is 0 Å². The number of benzene rings is 1. The maximum atomic E-state index is 5.65. The summed E-state index contributed by atoms with van der Waals surface area (Å²) in [6.07, 6.45) is 10.2. The molecule has 0 saturated carbocycles. The van der Waals surface area contributed by atoms with Gasteiger partial charge in [0.2, 0.25) is 0 Å². The Kier molecular flexibility index (Phi) is 2.99. The van der Waals surface area contributed by atoms with Crippen molar-refractivity contribution < 1.29 is 0 Å². The Morgan fingerprint density at radius 3 is 2.60 bits per heavy atom. The van der Waals surface area contributed by atoms with E-state index in [0.717, 1.165) is 12.8 Å². The molecule has 2 heteroatoms. The molecular formula is C13H16N2. The van der Waals surface area contributed by atoms with Gasteiger partial charge in [-0.15, -0.1) is 0 Å². The van der Waals surface area contributed by atoms with E-state index in [1.165, 1.54) is 5.56 Å². The molecule has 0 fully saturated rings. The smallest absolute Gasteiger partial charge is 0.0578 e. The first kappa shape index (κ1) is 10.1. The van der Waals surface area contributed by atoms with Gasteiger partial charge in [-0.25, -0.2) is 5.43 Å². The molecule has 0 amide bonds. The van der Waals surface area contributed by atoms with Crippen LogP contribution in [0.3, 0.4) is 0 Å². The predicted molar refractivity (Wildman–Crippen MR) is 63.1 cm³/mol. The minimum absolute atomic E-state index is 0.115. The van der Waals surface area contributed by atoms with Crippen LogP contribution in [0.4, 0.5) is 0 Å². The van der Waals surface area contributed by atoms with Crippen LogP contribution in [0.2, 0.25) is 0 Å².